The SMILES string of the molecule is Cn1c(N2CCN(CCCOc3ccc([N+](=O)[O-])cc3C(=O)c3ccccc3Cl)CC2)cc(=O)n(C)c1=O.O=C(O)C(=O)O. The zero-order valence-corrected chi connectivity index (χ0v) is 24.6. The number of benzene rings is 2. The van der Waals surface area contributed by atoms with Gasteiger partial charge >= 0.3 is 17.6 Å². The fourth-order valence-corrected chi connectivity index (χ4v) is 4.64. The molecule has 2 aromatic carbocycles. The third-order valence-corrected chi connectivity index (χ3v) is 7.12. The number of nitrogens with zero attached hydrogens (tertiary/aromatic N) is 5. The van der Waals surface area contributed by atoms with Crippen LogP contribution in [0.5, 0.6) is 5.75 Å². The Kier molecular flexibility index (Phi) is 11.4. The van der Waals surface area contributed by atoms with Crippen molar-refractivity contribution in [1.82, 2.24) is 14.0 Å². The lowest BCUT2D eigenvalue weighted by molar-refractivity contribution is -0.384. The number of rotatable bonds is 9. The summed E-state index contributed by atoms with van der Waals surface area (Å²) in [7, 11) is 3.12. The second kappa shape index (κ2) is 14.9. The van der Waals surface area contributed by atoms with Crippen LogP contribution in [-0.4, -0.2) is 86.2 Å². The van der Waals surface area contributed by atoms with Crippen LogP contribution < -0.4 is 20.9 Å². The van der Waals surface area contributed by atoms with Crippen molar-refractivity contribution in [2.24, 2.45) is 14.1 Å². The fraction of sp³-hybridized carbons (Fsp3) is 0.321. The first-order chi connectivity index (χ1) is 20.8. The van der Waals surface area contributed by atoms with Gasteiger partial charge in [0.1, 0.15) is 11.6 Å². The van der Waals surface area contributed by atoms with Crippen LogP contribution in [-0.2, 0) is 23.7 Å². The number of nitro benzene ring substituents is 1. The molecule has 44 heavy (non-hydrogen) atoms. The highest BCUT2D eigenvalue weighted by molar-refractivity contribution is 6.35. The Labute approximate surface area is 255 Å². The summed E-state index contributed by atoms with van der Waals surface area (Å²) in [6.45, 7) is 3.88. The molecule has 1 aromatic heterocycles. The van der Waals surface area contributed by atoms with E-state index in [0.29, 0.717) is 31.9 Å². The molecule has 1 saturated heterocycles. The van der Waals surface area contributed by atoms with Gasteiger partial charge in [0.2, 0.25) is 0 Å². The molecule has 0 amide bonds. The molecule has 0 atom stereocenters. The summed E-state index contributed by atoms with van der Waals surface area (Å²) in [6.07, 6.45) is 0.668. The maximum absolute atomic E-state index is 13.1. The Morgan fingerprint density at radius 3 is 2.16 bits per heavy atom. The molecule has 0 bridgehead atoms. The largest absolute Gasteiger partial charge is 0.493 e. The number of carbonyl (C=O) groups is 3. The van der Waals surface area contributed by atoms with Gasteiger partial charge in [0.25, 0.3) is 11.2 Å². The van der Waals surface area contributed by atoms with Gasteiger partial charge in [-0.2, -0.15) is 0 Å². The number of non-ortho nitro benzene ring substituents is 1. The van der Waals surface area contributed by atoms with E-state index in [0.717, 1.165) is 24.2 Å². The van der Waals surface area contributed by atoms with Gasteiger partial charge in [0, 0.05) is 70.6 Å². The summed E-state index contributed by atoms with van der Waals surface area (Å²) in [5, 5.41) is 26.3. The summed E-state index contributed by atoms with van der Waals surface area (Å²) in [5.41, 5.74) is -0.571. The molecule has 0 spiro atoms. The highest BCUT2D eigenvalue weighted by Crippen LogP contribution is 2.29. The van der Waals surface area contributed by atoms with Gasteiger partial charge in [0.05, 0.1) is 22.1 Å². The molecule has 0 unspecified atom stereocenters. The predicted octanol–water partition coefficient (Wildman–Crippen LogP) is 1.62. The van der Waals surface area contributed by atoms with Gasteiger partial charge in [-0.15, -0.1) is 0 Å². The van der Waals surface area contributed by atoms with Crippen LogP contribution in [0, 0.1) is 10.1 Å². The van der Waals surface area contributed by atoms with Crippen molar-refractivity contribution < 1.29 is 34.3 Å². The summed E-state index contributed by atoms with van der Waals surface area (Å²) < 4.78 is 8.45. The first-order valence-corrected chi connectivity index (χ1v) is 13.6. The highest BCUT2D eigenvalue weighted by Gasteiger charge is 2.22. The molecule has 15 nitrogen and oxygen atoms in total. The lowest BCUT2D eigenvalue weighted by Crippen LogP contribution is -2.49. The van der Waals surface area contributed by atoms with Gasteiger partial charge in [0.15, 0.2) is 5.78 Å². The van der Waals surface area contributed by atoms with Crippen LogP contribution in [0.3, 0.4) is 0 Å². The van der Waals surface area contributed by atoms with Crippen molar-refractivity contribution in [1.29, 1.82) is 0 Å². The molecule has 3 aromatic rings. The summed E-state index contributed by atoms with van der Waals surface area (Å²) >= 11 is 6.18. The molecule has 1 aliphatic heterocycles. The first kappa shape index (κ1) is 33.5. The van der Waals surface area contributed by atoms with Crippen LogP contribution >= 0.6 is 11.6 Å². The average Bonchev–Trinajstić information content (AvgIpc) is 3.00. The lowest BCUT2D eigenvalue weighted by Gasteiger charge is -2.36. The number of halogens is 1. The van der Waals surface area contributed by atoms with Crippen LogP contribution in [0.2, 0.25) is 5.02 Å². The smallest absolute Gasteiger partial charge is 0.414 e. The minimum atomic E-state index is -1.82. The number of piperazine rings is 1. The molecule has 1 aliphatic rings. The quantitative estimate of drug-likeness (QED) is 0.114. The zero-order valence-electron chi connectivity index (χ0n) is 23.8. The zero-order chi connectivity index (χ0) is 32.6. The third kappa shape index (κ3) is 8.29. The predicted molar refractivity (Wildman–Crippen MR) is 159 cm³/mol. The van der Waals surface area contributed by atoms with E-state index >= 15 is 0 Å². The van der Waals surface area contributed by atoms with Gasteiger partial charge in [-0.05, 0) is 24.6 Å². The fourth-order valence-electron chi connectivity index (χ4n) is 4.42. The average molecular weight is 632 g/mol. The maximum atomic E-state index is 13.1. The molecular weight excluding hydrogens is 602 g/mol. The van der Waals surface area contributed by atoms with E-state index in [1.807, 2.05) is 4.90 Å². The van der Waals surface area contributed by atoms with E-state index in [9.17, 15) is 24.5 Å². The minimum Gasteiger partial charge on any atom is -0.493 e. The number of ether oxygens (including phenoxy) is 1. The van der Waals surface area contributed by atoms with Crippen molar-refractivity contribution in [3.63, 3.8) is 0 Å². The van der Waals surface area contributed by atoms with Gasteiger partial charge < -0.3 is 19.8 Å². The second-order valence-electron chi connectivity index (χ2n) is 9.63. The Bertz CT molecular complexity index is 1670. The van der Waals surface area contributed by atoms with E-state index in [1.165, 1.54) is 35.9 Å². The lowest BCUT2D eigenvalue weighted by atomic mass is 10.0. The van der Waals surface area contributed by atoms with Crippen LogP contribution in [0.4, 0.5) is 11.5 Å². The number of aliphatic carboxylic acids is 2. The van der Waals surface area contributed by atoms with E-state index in [-0.39, 0.29) is 38.8 Å². The van der Waals surface area contributed by atoms with Crippen LogP contribution in [0.15, 0.2) is 58.1 Å². The summed E-state index contributed by atoms with van der Waals surface area (Å²) in [5.74, 6) is -3.23. The topological polar surface area (TPSA) is 195 Å². The van der Waals surface area contributed by atoms with Crippen molar-refractivity contribution >= 4 is 40.8 Å². The monoisotopic (exact) mass is 631 g/mol. The molecule has 0 saturated carbocycles. The Balaban J connectivity index is 0.000000801. The standard InChI is InChI=1S/C26H28ClN5O6.C2H2O4/c1-28-23(17-24(33)29(2)26(28)35)31-13-11-30(12-14-31)10-5-15-38-22-9-8-18(32(36)37)16-20(22)25(34)19-6-3-4-7-21(19)27;3-1(4)2(5)6/h3-4,6-9,16-17H,5,10-15H2,1-2H3;(H,3,4)(H,5,6). The van der Waals surface area contributed by atoms with Crippen molar-refractivity contribution in [3.8, 4) is 5.75 Å². The third-order valence-electron chi connectivity index (χ3n) is 6.79. The number of anilines is 1. The van der Waals surface area contributed by atoms with Gasteiger partial charge in [-0.1, -0.05) is 23.7 Å². The Morgan fingerprint density at radius 2 is 1.57 bits per heavy atom. The molecule has 1 fully saturated rings. The maximum Gasteiger partial charge on any atom is 0.414 e. The number of carboxylic acid groups (broad SMARTS) is 2. The van der Waals surface area contributed by atoms with Crippen LogP contribution in [0.25, 0.3) is 0 Å². The summed E-state index contributed by atoms with van der Waals surface area (Å²) in [6, 6.07) is 12.0. The normalized spacial score (nSPS) is 13.0. The van der Waals surface area contributed by atoms with Crippen molar-refractivity contribution in [3.05, 3.63) is 95.6 Å². The van der Waals surface area contributed by atoms with Crippen LogP contribution in [0.1, 0.15) is 22.3 Å². The number of carboxylic acids is 2. The summed E-state index contributed by atoms with van der Waals surface area (Å²) in [4.78, 5) is 70.6. The number of nitro groups is 1. The first-order valence-electron chi connectivity index (χ1n) is 13.2. The molecule has 234 valence electrons. The molecule has 2 heterocycles. The number of carbonyl (C=O) groups excluding carboxylic acids is 1. The highest BCUT2D eigenvalue weighted by atomic mass is 35.5. The number of ketones is 1. The van der Waals surface area contributed by atoms with E-state index in [2.05, 4.69) is 4.90 Å². The van der Waals surface area contributed by atoms with E-state index < -0.39 is 22.6 Å². The minimum absolute atomic E-state index is 0.0838. The molecule has 0 aliphatic carbocycles. The second-order valence-corrected chi connectivity index (χ2v) is 10.0. The molecule has 4 rings (SSSR count). The molecule has 0 radical (unpaired) electrons. The van der Waals surface area contributed by atoms with Crippen molar-refractivity contribution in [2.75, 3.05) is 44.2 Å². The number of aromatic nitrogens is 2. The number of hydrogen-bond acceptors (Lipinski definition) is 10. The van der Waals surface area contributed by atoms with Gasteiger partial charge in [-0.3, -0.25) is 33.7 Å². The van der Waals surface area contributed by atoms with E-state index in [1.54, 1.807) is 31.3 Å². The van der Waals surface area contributed by atoms with Crippen molar-refractivity contribution in [2.45, 2.75) is 6.42 Å². The Hall–Kier alpha value is -5.02. The Morgan fingerprint density at radius 1 is 0.932 bits per heavy atom. The molecule has 2 N–H and O–H groups in total. The molecular formula is C28H30ClN5O10. The van der Waals surface area contributed by atoms with E-state index in [4.69, 9.17) is 36.1 Å². The number of hydrogen-bond donors (Lipinski definition) is 2. The molecule has 16 heteroatoms. The van der Waals surface area contributed by atoms with Gasteiger partial charge in [-0.25, -0.2) is 14.4 Å².